The van der Waals surface area contributed by atoms with E-state index in [0.717, 1.165) is 6.54 Å². The molecule has 3 atom stereocenters. The first-order valence-electron chi connectivity index (χ1n) is 4.53. The minimum atomic E-state index is -0.966. The van der Waals surface area contributed by atoms with Crippen molar-refractivity contribution in [1.82, 2.24) is 5.32 Å². The molecule has 0 aromatic heterocycles. The van der Waals surface area contributed by atoms with Gasteiger partial charge in [0.05, 0.1) is 0 Å². The predicted octanol–water partition coefficient (Wildman–Crippen LogP) is 1.73. The lowest BCUT2D eigenvalue weighted by Gasteiger charge is -2.12. The standard InChI is InChI=1S/C9H16FN/c1-9(2,10)7-6-4-3-5-11-8(6)7/h6-8,11H,3-5H2,1-2H3. The summed E-state index contributed by atoms with van der Waals surface area (Å²) >= 11 is 0. The van der Waals surface area contributed by atoms with Crippen molar-refractivity contribution in [1.29, 1.82) is 0 Å². The van der Waals surface area contributed by atoms with Crippen LogP contribution in [0.15, 0.2) is 0 Å². The Morgan fingerprint density at radius 1 is 1.45 bits per heavy atom. The summed E-state index contributed by atoms with van der Waals surface area (Å²) < 4.78 is 13.4. The second-order valence-corrected chi connectivity index (χ2v) is 4.38. The quantitative estimate of drug-likeness (QED) is 0.611. The van der Waals surface area contributed by atoms with Gasteiger partial charge in [-0.25, -0.2) is 4.39 Å². The fraction of sp³-hybridized carbons (Fsp3) is 1.00. The maximum absolute atomic E-state index is 13.4. The molecule has 0 amide bonds. The minimum absolute atomic E-state index is 0.296. The number of hydrogen-bond donors (Lipinski definition) is 1. The van der Waals surface area contributed by atoms with Crippen LogP contribution in [0.4, 0.5) is 4.39 Å². The molecule has 1 aliphatic carbocycles. The topological polar surface area (TPSA) is 12.0 Å². The molecule has 0 radical (unpaired) electrons. The number of hydrogen-bond acceptors (Lipinski definition) is 1. The maximum atomic E-state index is 13.4. The maximum Gasteiger partial charge on any atom is 0.110 e. The van der Waals surface area contributed by atoms with Crippen LogP contribution in [0.2, 0.25) is 0 Å². The van der Waals surface area contributed by atoms with Gasteiger partial charge in [0.1, 0.15) is 5.67 Å². The normalized spacial score (nSPS) is 43.4. The number of alkyl halides is 1. The third-order valence-corrected chi connectivity index (χ3v) is 3.06. The van der Waals surface area contributed by atoms with Crippen LogP contribution in [0.25, 0.3) is 0 Å². The zero-order valence-electron chi connectivity index (χ0n) is 7.23. The summed E-state index contributed by atoms with van der Waals surface area (Å²) in [5.41, 5.74) is -0.966. The first kappa shape index (κ1) is 7.53. The Morgan fingerprint density at radius 3 is 2.64 bits per heavy atom. The highest BCUT2D eigenvalue weighted by atomic mass is 19.1. The van der Waals surface area contributed by atoms with Gasteiger partial charge in [-0.15, -0.1) is 0 Å². The van der Waals surface area contributed by atoms with Crippen molar-refractivity contribution in [2.24, 2.45) is 11.8 Å². The molecule has 1 saturated heterocycles. The highest BCUT2D eigenvalue weighted by Crippen LogP contribution is 2.52. The van der Waals surface area contributed by atoms with Crippen LogP contribution >= 0.6 is 0 Å². The van der Waals surface area contributed by atoms with E-state index in [4.69, 9.17) is 0 Å². The first-order valence-corrected chi connectivity index (χ1v) is 4.53. The lowest BCUT2D eigenvalue weighted by atomic mass is 10.0. The molecule has 64 valence electrons. The Labute approximate surface area is 67.4 Å². The first-order chi connectivity index (χ1) is 5.11. The minimum Gasteiger partial charge on any atom is -0.313 e. The van der Waals surface area contributed by atoms with Crippen LogP contribution in [0.1, 0.15) is 26.7 Å². The second-order valence-electron chi connectivity index (χ2n) is 4.38. The Kier molecular flexibility index (Phi) is 1.50. The molecule has 2 aliphatic rings. The van der Waals surface area contributed by atoms with E-state index in [-0.39, 0.29) is 0 Å². The van der Waals surface area contributed by atoms with Gasteiger partial charge in [-0.05, 0) is 39.2 Å². The largest absolute Gasteiger partial charge is 0.313 e. The van der Waals surface area contributed by atoms with Crippen molar-refractivity contribution >= 4 is 0 Å². The Hall–Kier alpha value is -0.110. The van der Waals surface area contributed by atoms with Crippen LogP contribution in [0.3, 0.4) is 0 Å². The van der Waals surface area contributed by atoms with Crippen LogP contribution < -0.4 is 5.32 Å². The zero-order chi connectivity index (χ0) is 8.06. The lowest BCUT2D eigenvalue weighted by Crippen LogP contribution is -2.27. The molecule has 1 nitrogen and oxygen atoms in total. The van der Waals surface area contributed by atoms with Gasteiger partial charge in [0.2, 0.25) is 0 Å². The molecular formula is C9H16FN. The smallest absolute Gasteiger partial charge is 0.110 e. The molecule has 3 unspecified atom stereocenters. The molecule has 0 aromatic rings. The fourth-order valence-corrected chi connectivity index (χ4v) is 2.55. The van der Waals surface area contributed by atoms with Gasteiger partial charge in [0.15, 0.2) is 0 Å². The molecule has 2 fully saturated rings. The van der Waals surface area contributed by atoms with E-state index in [0.29, 0.717) is 17.9 Å². The zero-order valence-corrected chi connectivity index (χ0v) is 7.23. The van der Waals surface area contributed by atoms with Crippen molar-refractivity contribution in [2.45, 2.75) is 38.4 Å². The molecule has 1 aliphatic heterocycles. The highest BCUT2D eigenvalue weighted by molar-refractivity contribution is 5.11. The Balaban J connectivity index is 2.00. The summed E-state index contributed by atoms with van der Waals surface area (Å²) in [5, 5.41) is 3.37. The summed E-state index contributed by atoms with van der Waals surface area (Å²) in [5.74, 6) is 0.939. The molecule has 2 rings (SSSR count). The van der Waals surface area contributed by atoms with Crippen LogP contribution in [0.5, 0.6) is 0 Å². The lowest BCUT2D eigenvalue weighted by molar-refractivity contribution is 0.171. The number of piperidine rings is 1. The third-order valence-electron chi connectivity index (χ3n) is 3.06. The van der Waals surface area contributed by atoms with Gasteiger partial charge in [-0.1, -0.05) is 0 Å². The van der Waals surface area contributed by atoms with E-state index in [9.17, 15) is 4.39 Å². The summed E-state index contributed by atoms with van der Waals surface area (Å²) in [4.78, 5) is 0. The van der Waals surface area contributed by atoms with Crippen molar-refractivity contribution < 1.29 is 4.39 Å². The molecule has 1 N–H and O–H groups in total. The molecule has 0 aromatic carbocycles. The van der Waals surface area contributed by atoms with Crippen molar-refractivity contribution in [3.8, 4) is 0 Å². The predicted molar refractivity (Wildman–Crippen MR) is 43.2 cm³/mol. The van der Waals surface area contributed by atoms with Gasteiger partial charge in [0, 0.05) is 12.0 Å². The fourth-order valence-electron chi connectivity index (χ4n) is 2.55. The van der Waals surface area contributed by atoms with Crippen LogP contribution in [-0.4, -0.2) is 18.3 Å². The van der Waals surface area contributed by atoms with E-state index in [2.05, 4.69) is 5.32 Å². The molecule has 11 heavy (non-hydrogen) atoms. The number of nitrogens with one attached hydrogen (secondary N) is 1. The summed E-state index contributed by atoms with van der Waals surface area (Å²) in [6.07, 6.45) is 2.46. The summed E-state index contributed by atoms with van der Waals surface area (Å²) in [6.45, 7) is 4.50. The summed E-state index contributed by atoms with van der Waals surface area (Å²) in [6, 6.07) is 0.503. The Morgan fingerprint density at radius 2 is 2.18 bits per heavy atom. The molecule has 1 heterocycles. The second kappa shape index (κ2) is 2.19. The van der Waals surface area contributed by atoms with Crippen LogP contribution in [-0.2, 0) is 0 Å². The van der Waals surface area contributed by atoms with Crippen molar-refractivity contribution in [3.63, 3.8) is 0 Å². The van der Waals surface area contributed by atoms with E-state index in [1.165, 1.54) is 12.8 Å². The number of rotatable bonds is 1. The van der Waals surface area contributed by atoms with E-state index in [1.54, 1.807) is 13.8 Å². The van der Waals surface area contributed by atoms with Crippen molar-refractivity contribution in [3.05, 3.63) is 0 Å². The van der Waals surface area contributed by atoms with Gasteiger partial charge >= 0.3 is 0 Å². The molecule has 0 spiro atoms. The average molecular weight is 157 g/mol. The highest BCUT2D eigenvalue weighted by Gasteiger charge is 2.58. The van der Waals surface area contributed by atoms with Gasteiger partial charge < -0.3 is 5.32 Å². The van der Waals surface area contributed by atoms with E-state index in [1.807, 2.05) is 0 Å². The third kappa shape index (κ3) is 1.18. The molecule has 0 bridgehead atoms. The van der Waals surface area contributed by atoms with E-state index < -0.39 is 5.67 Å². The molecular weight excluding hydrogens is 141 g/mol. The number of halogens is 1. The van der Waals surface area contributed by atoms with Crippen molar-refractivity contribution in [2.75, 3.05) is 6.54 Å². The number of fused-ring (bicyclic) bond motifs is 1. The SMILES string of the molecule is CC(C)(F)C1C2CCCNC21. The van der Waals surface area contributed by atoms with Gasteiger partial charge in [0.25, 0.3) is 0 Å². The van der Waals surface area contributed by atoms with Crippen LogP contribution in [0, 0.1) is 11.8 Å². The van der Waals surface area contributed by atoms with E-state index >= 15 is 0 Å². The molecule has 1 saturated carbocycles. The van der Waals surface area contributed by atoms with Gasteiger partial charge in [-0.3, -0.25) is 0 Å². The average Bonchev–Trinajstić information content (AvgIpc) is 2.58. The van der Waals surface area contributed by atoms with Gasteiger partial charge in [-0.2, -0.15) is 0 Å². The summed E-state index contributed by atoms with van der Waals surface area (Å²) in [7, 11) is 0. The monoisotopic (exact) mass is 157 g/mol. The Bertz CT molecular complexity index is 149. The molecule has 2 heteroatoms.